The lowest BCUT2D eigenvalue weighted by Crippen LogP contribution is -2.20. The Bertz CT molecular complexity index is 581. The number of rotatable bonds is 6. The highest BCUT2D eigenvalue weighted by Gasteiger charge is 2.16. The van der Waals surface area contributed by atoms with Gasteiger partial charge in [0.05, 0.1) is 7.11 Å². The summed E-state index contributed by atoms with van der Waals surface area (Å²) in [5, 5.41) is 3.29. The van der Waals surface area contributed by atoms with E-state index in [-0.39, 0.29) is 0 Å². The maximum atomic E-state index is 5.51. The molecule has 0 aliphatic rings. The highest BCUT2D eigenvalue weighted by molar-refractivity contribution is 5.41. The van der Waals surface area contributed by atoms with E-state index < -0.39 is 0 Å². The van der Waals surface area contributed by atoms with Gasteiger partial charge in [0, 0.05) is 35.5 Å². The van der Waals surface area contributed by atoms with Crippen LogP contribution in [0.3, 0.4) is 0 Å². The summed E-state index contributed by atoms with van der Waals surface area (Å²) in [6.07, 6.45) is 2.82. The fraction of sp³-hybridized carbons (Fsp3) is 0.389. The smallest absolute Gasteiger partial charge is 0.128 e. The van der Waals surface area contributed by atoms with Crippen LogP contribution in [0.4, 0.5) is 0 Å². The molecule has 0 bridgehead atoms. The lowest BCUT2D eigenvalue weighted by Gasteiger charge is -2.19. The van der Waals surface area contributed by atoms with E-state index in [1.165, 1.54) is 5.56 Å². The second-order valence-corrected chi connectivity index (χ2v) is 5.42. The van der Waals surface area contributed by atoms with Crippen molar-refractivity contribution in [2.45, 2.75) is 26.2 Å². The molecule has 0 amide bonds. The topological polar surface area (TPSA) is 34.2 Å². The van der Waals surface area contributed by atoms with Crippen LogP contribution in [-0.4, -0.2) is 25.7 Å². The normalized spacial score (nSPS) is 12.2. The Morgan fingerprint density at radius 1 is 1.19 bits per heavy atom. The summed E-state index contributed by atoms with van der Waals surface area (Å²) in [6, 6.07) is 10.6. The predicted molar refractivity (Wildman–Crippen MR) is 87.1 cm³/mol. The van der Waals surface area contributed by atoms with Crippen LogP contribution in [0.5, 0.6) is 5.75 Å². The van der Waals surface area contributed by atoms with Crippen molar-refractivity contribution in [3.63, 3.8) is 0 Å². The molecule has 0 radical (unpaired) electrons. The van der Waals surface area contributed by atoms with Crippen molar-refractivity contribution in [2.75, 3.05) is 20.7 Å². The molecule has 0 saturated heterocycles. The van der Waals surface area contributed by atoms with Gasteiger partial charge in [-0.2, -0.15) is 0 Å². The van der Waals surface area contributed by atoms with Gasteiger partial charge in [0.25, 0.3) is 0 Å². The largest absolute Gasteiger partial charge is 0.496 e. The third-order valence-electron chi connectivity index (χ3n) is 3.91. The number of benzene rings is 1. The minimum Gasteiger partial charge on any atom is -0.496 e. The van der Waals surface area contributed by atoms with Crippen molar-refractivity contribution < 1.29 is 4.74 Å². The number of hydrogen-bond acceptors (Lipinski definition) is 3. The summed E-state index contributed by atoms with van der Waals surface area (Å²) in [6.45, 7) is 5.06. The number of ether oxygens (including phenoxy) is 1. The summed E-state index contributed by atoms with van der Waals surface area (Å²) < 4.78 is 5.51. The molecule has 0 saturated carbocycles. The van der Waals surface area contributed by atoms with Gasteiger partial charge in [-0.1, -0.05) is 30.3 Å². The van der Waals surface area contributed by atoms with Crippen molar-refractivity contribution in [1.29, 1.82) is 0 Å². The summed E-state index contributed by atoms with van der Waals surface area (Å²) in [4.78, 5) is 4.63. The molecule has 1 heterocycles. The average Bonchev–Trinajstić information content (AvgIpc) is 2.51. The Kier molecular flexibility index (Phi) is 5.34. The van der Waals surface area contributed by atoms with Crippen LogP contribution in [0.15, 0.2) is 36.5 Å². The van der Waals surface area contributed by atoms with Gasteiger partial charge < -0.3 is 10.1 Å². The third kappa shape index (κ3) is 3.61. The maximum Gasteiger partial charge on any atom is 0.128 e. The van der Waals surface area contributed by atoms with Crippen LogP contribution in [0.25, 0.3) is 0 Å². The summed E-state index contributed by atoms with van der Waals surface area (Å²) in [5.41, 5.74) is 4.69. The number of aromatic nitrogens is 1. The molecule has 3 heteroatoms. The molecular formula is C18H24N2O. The first-order valence-corrected chi connectivity index (χ1v) is 7.36. The number of nitrogens with one attached hydrogen (secondary N) is 1. The lowest BCUT2D eigenvalue weighted by atomic mass is 9.92. The predicted octanol–water partition coefficient (Wildman–Crippen LogP) is 3.25. The Morgan fingerprint density at radius 3 is 2.52 bits per heavy atom. The Morgan fingerprint density at radius 2 is 1.90 bits per heavy atom. The Labute approximate surface area is 127 Å². The first kappa shape index (κ1) is 15.5. The fourth-order valence-corrected chi connectivity index (χ4v) is 2.79. The number of methoxy groups -OCH3 is 1. The van der Waals surface area contributed by atoms with Gasteiger partial charge in [-0.15, -0.1) is 0 Å². The number of likely N-dealkylation sites (N-methyl/N-ethyl adjacent to an activating group) is 1. The highest BCUT2D eigenvalue weighted by Crippen LogP contribution is 2.28. The van der Waals surface area contributed by atoms with Crippen molar-refractivity contribution >= 4 is 0 Å². The monoisotopic (exact) mass is 284 g/mol. The molecule has 1 atom stereocenters. The van der Waals surface area contributed by atoms with Crippen LogP contribution in [0.2, 0.25) is 0 Å². The molecule has 2 rings (SSSR count). The minimum absolute atomic E-state index is 0.412. The summed E-state index contributed by atoms with van der Waals surface area (Å²) >= 11 is 0. The SMILES string of the molecule is CNCC(Cc1ncc(C)c(OC)c1C)c1ccccc1. The van der Waals surface area contributed by atoms with Crippen LogP contribution in [0, 0.1) is 13.8 Å². The van der Waals surface area contributed by atoms with E-state index in [0.29, 0.717) is 5.92 Å². The van der Waals surface area contributed by atoms with Crippen molar-refractivity contribution in [1.82, 2.24) is 10.3 Å². The Balaban J connectivity index is 2.29. The summed E-state index contributed by atoms with van der Waals surface area (Å²) in [7, 11) is 3.72. The van der Waals surface area contributed by atoms with Gasteiger partial charge in [-0.3, -0.25) is 4.98 Å². The van der Waals surface area contributed by atoms with Crippen molar-refractivity contribution in [3.8, 4) is 5.75 Å². The van der Waals surface area contributed by atoms with Crippen LogP contribution in [0.1, 0.15) is 28.3 Å². The first-order chi connectivity index (χ1) is 10.2. The second-order valence-electron chi connectivity index (χ2n) is 5.42. The molecule has 112 valence electrons. The van der Waals surface area contributed by atoms with Crippen LogP contribution in [-0.2, 0) is 6.42 Å². The molecule has 0 aliphatic heterocycles. The fourth-order valence-electron chi connectivity index (χ4n) is 2.79. The lowest BCUT2D eigenvalue weighted by molar-refractivity contribution is 0.406. The minimum atomic E-state index is 0.412. The standard InChI is InChI=1S/C18H24N2O/c1-13-11-20-17(14(2)18(13)21-4)10-16(12-19-3)15-8-6-5-7-9-15/h5-9,11,16,19H,10,12H2,1-4H3. The van der Waals surface area contributed by atoms with E-state index in [0.717, 1.165) is 35.5 Å². The number of pyridine rings is 1. The van der Waals surface area contributed by atoms with Gasteiger partial charge in [-0.25, -0.2) is 0 Å². The molecule has 1 N–H and O–H groups in total. The van der Waals surface area contributed by atoms with Gasteiger partial charge >= 0.3 is 0 Å². The maximum absolute atomic E-state index is 5.51. The van der Waals surface area contributed by atoms with Crippen molar-refractivity contribution in [3.05, 3.63) is 58.9 Å². The summed E-state index contributed by atoms with van der Waals surface area (Å²) in [5.74, 6) is 1.37. The Hall–Kier alpha value is -1.87. The van der Waals surface area contributed by atoms with Crippen LogP contribution >= 0.6 is 0 Å². The zero-order chi connectivity index (χ0) is 15.2. The van der Waals surface area contributed by atoms with Crippen LogP contribution < -0.4 is 10.1 Å². The van der Waals surface area contributed by atoms with E-state index in [1.54, 1.807) is 7.11 Å². The molecule has 1 aromatic carbocycles. The number of hydrogen-bond donors (Lipinski definition) is 1. The second kappa shape index (κ2) is 7.23. The highest BCUT2D eigenvalue weighted by atomic mass is 16.5. The molecule has 0 spiro atoms. The van der Waals surface area contributed by atoms with Crippen molar-refractivity contribution in [2.24, 2.45) is 0 Å². The zero-order valence-corrected chi connectivity index (χ0v) is 13.3. The first-order valence-electron chi connectivity index (χ1n) is 7.36. The molecule has 0 aliphatic carbocycles. The van der Waals surface area contributed by atoms with Gasteiger partial charge in [0.1, 0.15) is 5.75 Å². The molecule has 0 fully saturated rings. The molecular weight excluding hydrogens is 260 g/mol. The number of nitrogens with zero attached hydrogens (tertiary/aromatic N) is 1. The third-order valence-corrected chi connectivity index (χ3v) is 3.91. The molecule has 2 aromatic rings. The molecule has 3 nitrogen and oxygen atoms in total. The average molecular weight is 284 g/mol. The van der Waals surface area contributed by atoms with Gasteiger partial charge in [0.15, 0.2) is 0 Å². The zero-order valence-electron chi connectivity index (χ0n) is 13.3. The van der Waals surface area contributed by atoms with E-state index in [4.69, 9.17) is 4.74 Å². The number of aryl methyl sites for hydroxylation is 1. The van der Waals surface area contributed by atoms with E-state index >= 15 is 0 Å². The van der Waals surface area contributed by atoms with E-state index in [2.05, 4.69) is 47.6 Å². The molecule has 21 heavy (non-hydrogen) atoms. The molecule has 1 aromatic heterocycles. The van der Waals surface area contributed by atoms with E-state index in [1.807, 2.05) is 20.2 Å². The van der Waals surface area contributed by atoms with Gasteiger partial charge in [0.2, 0.25) is 0 Å². The molecule has 1 unspecified atom stereocenters. The van der Waals surface area contributed by atoms with E-state index in [9.17, 15) is 0 Å². The van der Waals surface area contributed by atoms with Gasteiger partial charge in [-0.05, 0) is 32.9 Å². The quantitative estimate of drug-likeness (QED) is 0.884.